The van der Waals surface area contributed by atoms with E-state index >= 15 is 0 Å². The first kappa shape index (κ1) is 6.93. The lowest BCUT2D eigenvalue weighted by atomic mass is 9.98. The molecule has 0 N–H and O–H groups in total. The highest BCUT2D eigenvalue weighted by atomic mass is 79.9. The SMILES string of the molecule is O=C1CCC(=O)C(Br)C1. The number of rotatable bonds is 0. The van der Waals surface area contributed by atoms with Gasteiger partial charge in [0, 0.05) is 19.3 Å². The number of carbonyl (C=O) groups excluding carboxylic acids is 2. The summed E-state index contributed by atoms with van der Waals surface area (Å²) in [5.74, 6) is 0.353. The second kappa shape index (κ2) is 2.60. The Bertz CT molecular complexity index is 153. The molecule has 9 heavy (non-hydrogen) atoms. The number of ketones is 2. The van der Waals surface area contributed by atoms with E-state index in [-0.39, 0.29) is 16.4 Å². The van der Waals surface area contributed by atoms with E-state index in [0.29, 0.717) is 19.3 Å². The van der Waals surface area contributed by atoms with Crippen LogP contribution in [0.5, 0.6) is 0 Å². The van der Waals surface area contributed by atoms with Crippen LogP contribution in [-0.4, -0.2) is 16.4 Å². The summed E-state index contributed by atoms with van der Waals surface area (Å²) in [6.45, 7) is 0. The van der Waals surface area contributed by atoms with Gasteiger partial charge in [0.1, 0.15) is 11.6 Å². The van der Waals surface area contributed by atoms with E-state index in [9.17, 15) is 9.59 Å². The van der Waals surface area contributed by atoms with E-state index in [1.807, 2.05) is 0 Å². The first-order valence-electron chi connectivity index (χ1n) is 2.88. The summed E-state index contributed by atoms with van der Waals surface area (Å²) in [4.78, 5) is 21.2. The molecule has 0 heterocycles. The van der Waals surface area contributed by atoms with E-state index in [1.54, 1.807) is 0 Å². The maximum absolute atomic E-state index is 10.7. The number of halogens is 1. The van der Waals surface area contributed by atoms with Gasteiger partial charge in [-0.3, -0.25) is 9.59 Å². The molecule has 1 rings (SSSR count). The van der Waals surface area contributed by atoms with E-state index in [4.69, 9.17) is 0 Å². The Balaban J connectivity index is 2.54. The van der Waals surface area contributed by atoms with Crippen LogP contribution in [0.25, 0.3) is 0 Å². The van der Waals surface area contributed by atoms with Gasteiger partial charge in [-0.15, -0.1) is 0 Å². The number of carbonyl (C=O) groups is 2. The molecule has 0 aromatic rings. The summed E-state index contributed by atoms with van der Waals surface area (Å²) < 4.78 is 0. The fourth-order valence-electron chi connectivity index (χ4n) is 0.835. The molecule has 0 aromatic carbocycles. The molecule has 0 bridgehead atoms. The lowest BCUT2D eigenvalue weighted by Crippen LogP contribution is -2.24. The highest BCUT2D eigenvalue weighted by Crippen LogP contribution is 2.17. The smallest absolute Gasteiger partial charge is 0.147 e. The predicted molar refractivity (Wildman–Crippen MR) is 36.6 cm³/mol. The van der Waals surface area contributed by atoms with Gasteiger partial charge in [-0.05, 0) is 0 Å². The van der Waals surface area contributed by atoms with Gasteiger partial charge in [-0.2, -0.15) is 0 Å². The first-order chi connectivity index (χ1) is 4.20. The highest BCUT2D eigenvalue weighted by molar-refractivity contribution is 9.10. The van der Waals surface area contributed by atoms with Crippen molar-refractivity contribution in [3.63, 3.8) is 0 Å². The van der Waals surface area contributed by atoms with Crippen molar-refractivity contribution in [2.45, 2.75) is 24.1 Å². The zero-order chi connectivity index (χ0) is 6.85. The molecule has 1 atom stereocenters. The molecule has 0 spiro atoms. The molecule has 1 saturated carbocycles. The minimum Gasteiger partial charge on any atom is -0.300 e. The lowest BCUT2D eigenvalue weighted by molar-refractivity contribution is -0.128. The zero-order valence-corrected chi connectivity index (χ0v) is 6.48. The van der Waals surface area contributed by atoms with Gasteiger partial charge in [0.2, 0.25) is 0 Å². The average molecular weight is 191 g/mol. The maximum atomic E-state index is 10.7. The maximum Gasteiger partial charge on any atom is 0.147 e. The lowest BCUT2D eigenvalue weighted by Gasteiger charge is -2.12. The Morgan fingerprint density at radius 3 is 2.44 bits per heavy atom. The molecule has 2 nitrogen and oxygen atoms in total. The molecule has 1 fully saturated rings. The third kappa shape index (κ3) is 1.61. The Labute approximate surface area is 61.7 Å². The predicted octanol–water partition coefficient (Wildman–Crippen LogP) is 1.07. The van der Waals surface area contributed by atoms with Gasteiger partial charge in [-0.25, -0.2) is 0 Å². The van der Waals surface area contributed by atoms with Crippen molar-refractivity contribution in [1.29, 1.82) is 0 Å². The molecule has 1 aliphatic carbocycles. The number of Topliss-reactive ketones (excluding diaryl/α,β-unsaturated/α-hetero) is 2. The molecule has 0 radical (unpaired) electrons. The van der Waals surface area contributed by atoms with Crippen LogP contribution in [0.1, 0.15) is 19.3 Å². The van der Waals surface area contributed by atoms with Gasteiger partial charge >= 0.3 is 0 Å². The van der Waals surface area contributed by atoms with Crippen LogP contribution in [-0.2, 0) is 9.59 Å². The van der Waals surface area contributed by atoms with Crippen molar-refractivity contribution in [2.24, 2.45) is 0 Å². The molecule has 1 aliphatic rings. The van der Waals surface area contributed by atoms with Gasteiger partial charge < -0.3 is 0 Å². The minimum absolute atomic E-state index is 0.162. The van der Waals surface area contributed by atoms with Crippen molar-refractivity contribution in [3.8, 4) is 0 Å². The standard InChI is InChI=1S/C6H7BrO2/c7-5-3-4(8)1-2-6(5)9/h5H,1-3H2. The molecule has 3 heteroatoms. The Kier molecular flexibility index (Phi) is 2.01. The summed E-state index contributed by atoms with van der Waals surface area (Å²) >= 11 is 3.12. The quantitative estimate of drug-likeness (QED) is 0.536. The summed E-state index contributed by atoms with van der Waals surface area (Å²) in [6.07, 6.45) is 1.26. The highest BCUT2D eigenvalue weighted by Gasteiger charge is 2.23. The molecule has 0 aromatic heterocycles. The van der Waals surface area contributed by atoms with Gasteiger partial charge in [0.05, 0.1) is 4.83 Å². The number of hydrogen-bond donors (Lipinski definition) is 0. The van der Waals surface area contributed by atoms with Crippen LogP contribution in [0, 0.1) is 0 Å². The van der Waals surface area contributed by atoms with Gasteiger partial charge in [-0.1, -0.05) is 15.9 Å². The molecule has 0 saturated heterocycles. The van der Waals surface area contributed by atoms with Crippen LogP contribution >= 0.6 is 15.9 Å². The van der Waals surface area contributed by atoms with Crippen molar-refractivity contribution < 1.29 is 9.59 Å². The fraction of sp³-hybridized carbons (Fsp3) is 0.667. The largest absolute Gasteiger partial charge is 0.300 e. The summed E-state index contributed by atoms with van der Waals surface area (Å²) in [6, 6.07) is 0. The van der Waals surface area contributed by atoms with Crippen LogP contribution in [0.4, 0.5) is 0 Å². The summed E-state index contributed by atoms with van der Waals surface area (Å²) in [7, 11) is 0. The van der Waals surface area contributed by atoms with E-state index in [2.05, 4.69) is 15.9 Å². The molecular formula is C6H7BrO2. The second-order valence-electron chi connectivity index (χ2n) is 2.18. The van der Waals surface area contributed by atoms with E-state index in [0.717, 1.165) is 0 Å². The third-order valence-electron chi connectivity index (χ3n) is 1.41. The Morgan fingerprint density at radius 1 is 1.33 bits per heavy atom. The minimum atomic E-state index is -0.196. The third-order valence-corrected chi connectivity index (χ3v) is 2.24. The Hall–Kier alpha value is -0.180. The van der Waals surface area contributed by atoms with Crippen molar-refractivity contribution in [2.75, 3.05) is 0 Å². The molecule has 0 amide bonds. The number of alkyl halides is 1. The van der Waals surface area contributed by atoms with Crippen LogP contribution in [0.15, 0.2) is 0 Å². The molecule has 0 aliphatic heterocycles. The molecule has 50 valence electrons. The summed E-state index contributed by atoms with van der Waals surface area (Å²) in [5.41, 5.74) is 0. The van der Waals surface area contributed by atoms with Gasteiger partial charge in [0.25, 0.3) is 0 Å². The molecular weight excluding hydrogens is 184 g/mol. The first-order valence-corrected chi connectivity index (χ1v) is 3.80. The van der Waals surface area contributed by atoms with Crippen LogP contribution < -0.4 is 0 Å². The van der Waals surface area contributed by atoms with E-state index < -0.39 is 0 Å². The average Bonchev–Trinajstić information content (AvgIpc) is 1.80. The summed E-state index contributed by atoms with van der Waals surface area (Å²) in [5, 5.41) is 0. The second-order valence-corrected chi connectivity index (χ2v) is 3.28. The normalized spacial score (nSPS) is 28.8. The fourth-order valence-corrected chi connectivity index (χ4v) is 1.43. The van der Waals surface area contributed by atoms with Crippen molar-refractivity contribution >= 4 is 27.5 Å². The monoisotopic (exact) mass is 190 g/mol. The molecule has 1 unspecified atom stereocenters. The number of hydrogen-bond acceptors (Lipinski definition) is 2. The topological polar surface area (TPSA) is 34.1 Å². The van der Waals surface area contributed by atoms with Crippen molar-refractivity contribution in [1.82, 2.24) is 0 Å². The Morgan fingerprint density at radius 2 is 2.00 bits per heavy atom. The van der Waals surface area contributed by atoms with Crippen LogP contribution in [0.3, 0.4) is 0 Å². The zero-order valence-electron chi connectivity index (χ0n) is 4.89. The van der Waals surface area contributed by atoms with E-state index in [1.165, 1.54) is 0 Å². The van der Waals surface area contributed by atoms with Gasteiger partial charge in [0.15, 0.2) is 0 Å². The van der Waals surface area contributed by atoms with Crippen LogP contribution in [0.2, 0.25) is 0 Å². The van der Waals surface area contributed by atoms with Crippen molar-refractivity contribution in [3.05, 3.63) is 0 Å².